The van der Waals surface area contributed by atoms with Crippen LogP contribution in [0.15, 0.2) is 18.2 Å². The highest BCUT2D eigenvalue weighted by Gasteiger charge is 2.32. The zero-order valence-corrected chi connectivity index (χ0v) is 17.9. The SMILES string of the molecule is CCOC(=O)c1cc(C2CCCC2)c2n1CCc1cc(OC)c(OC(C)C)cc1-2. The summed E-state index contributed by atoms with van der Waals surface area (Å²) in [5.41, 5.74) is 5.53. The predicted octanol–water partition coefficient (Wildman–Crippen LogP) is 5.34. The van der Waals surface area contributed by atoms with E-state index in [0.29, 0.717) is 18.2 Å². The summed E-state index contributed by atoms with van der Waals surface area (Å²) < 4.78 is 19.2. The molecular formula is C24H31NO4. The van der Waals surface area contributed by atoms with Crippen LogP contribution in [0.5, 0.6) is 11.5 Å². The van der Waals surface area contributed by atoms with Crippen LogP contribution in [0.3, 0.4) is 0 Å². The zero-order chi connectivity index (χ0) is 20.5. The molecular weight excluding hydrogens is 366 g/mol. The molecule has 1 saturated carbocycles. The summed E-state index contributed by atoms with van der Waals surface area (Å²) in [5, 5.41) is 0. The van der Waals surface area contributed by atoms with Crippen molar-refractivity contribution in [3.63, 3.8) is 0 Å². The maximum absolute atomic E-state index is 12.7. The second-order valence-corrected chi connectivity index (χ2v) is 8.26. The van der Waals surface area contributed by atoms with Crippen molar-refractivity contribution >= 4 is 5.97 Å². The third kappa shape index (κ3) is 3.63. The number of aryl methyl sites for hydroxylation is 1. The number of benzene rings is 1. The van der Waals surface area contributed by atoms with Crippen LogP contribution in [0.25, 0.3) is 11.3 Å². The molecule has 5 heteroatoms. The lowest BCUT2D eigenvalue weighted by Crippen LogP contribution is -2.18. The number of ether oxygens (including phenoxy) is 3. The second-order valence-electron chi connectivity index (χ2n) is 8.26. The van der Waals surface area contributed by atoms with Crippen molar-refractivity contribution in [3.8, 4) is 22.8 Å². The summed E-state index contributed by atoms with van der Waals surface area (Å²) in [6, 6.07) is 6.30. The number of hydrogen-bond donors (Lipinski definition) is 0. The molecule has 2 aromatic rings. The normalized spacial score (nSPS) is 15.9. The maximum Gasteiger partial charge on any atom is 0.354 e. The van der Waals surface area contributed by atoms with Crippen molar-refractivity contribution in [2.24, 2.45) is 0 Å². The van der Waals surface area contributed by atoms with Gasteiger partial charge in [0.1, 0.15) is 5.69 Å². The van der Waals surface area contributed by atoms with Gasteiger partial charge in [0.2, 0.25) is 0 Å². The van der Waals surface area contributed by atoms with E-state index in [2.05, 4.69) is 22.8 Å². The quantitative estimate of drug-likeness (QED) is 0.617. The van der Waals surface area contributed by atoms with Gasteiger partial charge in [0, 0.05) is 12.1 Å². The summed E-state index contributed by atoms with van der Waals surface area (Å²) in [4.78, 5) is 12.7. The number of carbonyl (C=O) groups excluding carboxylic acids is 1. The van der Waals surface area contributed by atoms with E-state index in [4.69, 9.17) is 14.2 Å². The van der Waals surface area contributed by atoms with Gasteiger partial charge < -0.3 is 18.8 Å². The third-order valence-corrected chi connectivity index (χ3v) is 6.02. The summed E-state index contributed by atoms with van der Waals surface area (Å²) in [6.07, 6.45) is 5.77. The summed E-state index contributed by atoms with van der Waals surface area (Å²) in [5.74, 6) is 1.80. The molecule has 2 aliphatic rings. The van der Waals surface area contributed by atoms with E-state index < -0.39 is 0 Å². The molecule has 0 atom stereocenters. The maximum atomic E-state index is 12.7. The first-order valence-electron chi connectivity index (χ1n) is 10.8. The average molecular weight is 398 g/mol. The van der Waals surface area contributed by atoms with Crippen LogP contribution in [0.2, 0.25) is 0 Å². The number of nitrogens with zero attached hydrogens (tertiary/aromatic N) is 1. The summed E-state index contributed by atoms with van der Waals surface area (Å²) in [7, 11) is 1.68. The van der Waals surface area contributed by atoms with Crippen LogP contribution in [0.1, 0.15) is 74.0 Å². The number of esters is 1. The first-order valence-corrected chi connectivity index (χ1v) is 10.8. The first-order chi connectivity index (χ1) is 14.0. The average Bonchev–Trinajstić information content (AvgIpc) is 3.35. The molecule has 0 spiro atoms. The Morgan fingerprint density at radius 2 is 1.93 bits per heavy atom. The van der Waals surface area contributed by atoms with Crippen LogP contribution in [0.4, 0.5) is 0 Å². The van der Waals surface area contributed by atoms with E-state index in [1.54, 1.807) is 7.11 Å². The van der Waals surface area contributed by atoms with Crippen molar-refractivity contribution in [2.45, 2.75) is 71.4 Å². The molecule has 5 nitrogen and oxygen atoms in total. The number of hydrogen-bond acceptors (Lipinski definition) is 4. The van der Waals surface area contributed by atoms with Crippen molar-refractivity contribution < 1.29 is 19.0 Å². The molecule has 1 aromatic heterocycles. The Morgan fingerprint density at radius 3 is 2.59 bits per heavy atom. The topological polar surface area (TPSA) is 49.7 Å². The Balaban J connectivity index is 1.89. The van der Waals surface area contributed by atoms with Crippen LogP contribution < -0.4 is 9.47 Å². The Bertz CT molecular complexity index is 906. The largest absolute Gasteiger partial charge is 0.493 e. The molecule has 4 rings (SSSR count). The summed E-state index contributed by atoms with van der Waals surface area (Å²) in [6.45, 7) is 7.05. The van der Waals surface area contributed by atoms with Crippen LogP contribution >= 0.6 is 0 Å². The molecule has 0 amide bonds. The van der Waals surface area contributed by atoms with Gasteiger partial charge in [-0.15, -0.1) is 0 Å². The highest BCUT2D eigenvalue weighted by Crippen LogP contribution is 2.46. The highest BCUT2D eigenvalue weighted by molar-refractivity contribution is 5.91. The van der Waals surface area contributed by atoms with Crippen molar-refractivity contribution in [1.82, 2.24) is 4.57 Å². The molecule has 1 aliphatic carbocycles. The lowest BCUT2D eigenvalue weighted by molar-refractivity contribution is 0.0513. The molecule has 2 heterocycles. The number of carbonyl (C=O) groups is 1. The van der Waals surface area contributed by atoms with Gasteiger partial charge in [0.25, 0.3) is 0 Å². The molecule has 0 bridgehead atoms. The molecule has 0 unspecified atom stereocenters. The monoisotopic (exact) mass is 397 g/mol. The molecule has 156 valence electrons. The van der Waals surface area contributed by atoms with Gasteiger partial charge in [-0.25, -0.2) is 4.79 Å². The van der Waals surface area contributed by atoms with Crippen LogP contribution in [-0.2, 0) is 17.7 Å². The Kier molecular flexibility index (Phi) is 5.57. The van der Waals surface area contributed by atoms with Gasteiger partial charge in [-0.05, 0) is 75.3 Å². The van der Waals surface area contributed by atoms with Gasteiger partial charge in [-0.1, -0.05) is 12.8 Å². The van der Waals surface area contributed by atoms with Crippen molar-refractivity contribution in [2.75, 3.05) is 13.7 Å². The molecule has 1 aromatic carbocycles. The van der Waals surface area contributed by atoms with E-state index in [0.717, 1.165) is 35.7 Å². The number of methoxy groups -OCH3 is 1. The van der Waals surface area contributed by atoms with Crippen LogP contribution in [-0.4, -0.2) is 30.4 Å². The fourth-order valence-electron chi connectivity index (χ4n) is 4.79. The van der Waals surface area contributed by atoms with Gasteiger partial charge in [-0.2, -0.15) is 0 Å². The Labute approximate surface area is 173 Å². The minimum absolute atomic E-state index is 0.0571. The molecule has 0 radical (unpaired) electrons. The first kappa shape index (κ1) is 19.9. The minimum Gasteiger partial charge on any atom is -0.493 e. The lowest BCUT2D eigenvalue weighted by atomic mass is 9.90. The summed E-state index contributed by atoms with van der Waals surface area (Å²) >= 11 is 0. The highest BCUT2D eigenvalue weighted by atomic mass is 16.5. The van der Waals surface area contributed by atoms with Gasteiger partial charge in [0.05, 0.1) is 25.5 Å². The minimum atomic E-state index is -0.228. The molecule has 0 N–H and O–H groups in total. The molecule has 0 saturated heterocycles. The predicted molar refractivity (Wildman–Crippen MR) is 113 cm³/mol. The fourth-order valence-corrected chi connectivity index (χ4v) is 4.79. The number of aromatic nitrogens is 1. The van der Waals surface area contributed by atoms with Crippen molar-refractivity contribution in [3.05, 3.63) is 35.0 Å². The van der Waals surface area contributed by atoms with Gasteiger partial charge >= 0.3 is 5.97 Å². The van der Waals surface area contributed by atoms with E-state index in [9.17, 15) is 4.79 Å². The molecule has 1 aliphatic heterocycles. The van der Waals surface area contributed by atoms with Crippen molar-refractivity contribution in [1.29, 1.82) is 0 Å². The fraction of sp³-hybridized carbons (Fsp3) is 0.542. The van der Waals surface area contributed by atoms with E-state index in [1.165, 1.54) is 36.8 Å². The third-order valence-electron chi connectivity index (χ3n) is 6.02. The van der Waals surface area contributed by atoms with Gasteiger partial charge in [-0.3, -0.25) is 0 Å². The molecule has 1 fully saturated rings. The van der Waals surface area contributed by atoms with E-state index in [-0.39, 0.29) is 12.1 Å². The smallest absolute Gasteiger partial charge is 0.354 e. The van der Waals surface area contributed by atoms with E-state index in [1.807, 2.05) is 20.8 Å². The van der Waals surface area contributed by atoms with Gasteiger partial charge in [0.15, 0.2) is 11.5 Å². The zero-order valence-electron chi connectivity index (χ0n) is 17.9. The lowest BCUT2D eigenvalue weighted by Gasteiger charge is -2.25. The standard InChI is InChI=1S/C24H31NO4/c1-5-28-24(26)20-13-18(16-8-6-7-9-16)23-19-14-22(29-15(2)3)21(27-4)12-17(19)10-11-25(20)23/h12-16H,5-11H2,1-4H3. The Morgan fingerprint density at radius 1 is 1.17 bits per heavy atom. The second kappa shape index (κ2) is 8.13. The number of rotatable bonds is 6. The molecule has 29 heavy (non-hydrogen) atoms. The van der Waals surface area contributed by atoms with Crippen LogP contribution in [0, 0.1) is 0 Å². The Hall–Kier alpha value is -2.43. The van der Waals surface area contributed by atoms with E-state index >= 15 is 0 Å². The number of fused-ring (bicyclic) bond motifs is 3.